The molecule has 0 saturated carbocycles. The maximum absolute atomic E-state index is 10.7. The van der Waals surface area contributed by atoms with E-state index in [0.29, 0.717) is 0 Å². The van der Waals surface area contributed by atoms with E-state index in [1.807, 2.05) is 13.8 Å². The first-order chi connectivity index (χ1) is 4.04. The van der Waals surface area contributed by atoms with Crippen molar-refractivity contribution in [3.63, 3.8) is 0 Å². The number of carbonyl (C=O) groups is 1. The van der Waals surface area contributed by atoms with Gasteiger partial charge >= 0.3 is 0 Å². The second-order valence-electron chi connectivity index (χ2n) is 1.96. The fourth-order valence-corrected chi connectivity index (χ4v) is 0.612. The van der Waals surface area contributed by atoms with Crippen molar-refractivity contribution in [3.8, 4) is 0 Å². The van der Waals surface area contributed by atoms with Gasteiger partial charge in [0.1, 0.15) is 3.74 Å². The van der Waals surface area contributed by atoms with Crippen LogP contribution in [0.2, 0.25) is 0 Å². The fraction of sp³-hybridized carbons (Fsp3) is 0.800. The highest BCUT2D eigenvalue weighted by Gasteiger charge is 2.09. The number of nitrogens with one attached hydrogen (secondary N) is 1. The average Bonchev–Trinajstić information content (AvgIpc) is 1.63. The zero-order valence-electron chi connectivity index (χ0n) is 5.32. The molecule has 4 heteroatoms. The van der Waals surface area contributed by atoms with E-state index in [2.05, 4.69) is 37.2 Å². The lowest BCUT2D eigenvalue weighted by atomic mass is 10.4. The highest BCUT2D eigenvalue weighted by atomic mass is 79.9. The van der Waals surface area contributed by atoms with Crippen molar-refractivity contribution in [1.82, 2.24) is 5.32 Å². The van der Waals surface area contributed by atoms with Gasteiger partial charge in [0.05, 0.1) is 0 Å². The lowest BCUT2D eigenvalue weighted by Crippen LogP contribution is -2.33. The van der Waals surface area contributed by atoms with Gasteiger partial charge in [0.25, 0.3) is 0 Å². The number of halogens is 2. The number of alkyl halides is 2. The van der Waals surface area contributed by atoms with Gasteiger partial charge in [0.15, 0.2) is 0 Å². The van der Waals surface area contributed by atoms with E-state index in [-0.39, 0.29) is 15.7 Å². The van der Waals surface area contributed by atoms with Crippen LogP contribution in [0, 0.1) is 0 Å². The van der Waals surface area contributed by atoms with Gasteiger partial charge in [0, 0.05) is 6.04 Å². The third kappa shape index (κ3) is 4.90. The van der Waals surface area contributed by atoms with Crippen molar-refractivity contribution in [2.24, 2.45) is 0 Å². The maximum Gasteiger partial charge on any atom is 0.244 e. The minimum atomic E-state index is -0.271. The summed E-state index contributed by atoms with van der Waals surface area (Å²) in [5.74, 6) is -0.0370. The van der Waals surface area contributed by atoms with Crippen LogP contribution in [0.25, 0.3) is 0 Å². The van der Waals surface area contributed by atoms with Crippen LogP contribution in [-0.4, -0.2) is 15.7 Å². The number of carbonyl (C=O) groups excluding carboxylic acids is 1. The Bertz CT molecular complexity index is 103. The van der Waals surface area contributed by atoms with Gasteiger partial charge in [0.2, 0.25) is 5.91 Å². The quantitative estimate of drug-likeness (QED) is 0.750. The average molecular weight is 259 g/mol. The summed E-state index contributed by atoms with van der Waals surface area (Å²) >= 11 is 6.15. The van der Waals surface area contributed by atoms with Crippen LogP contribution in [0.5, 0.6) is 0 Å². The summed E-state index contributed by atoms with van der Waals surface area (Å²) in [6, 6.07) is 0.204. The van der Waals surface area contributed by atoms with Crippen LogP contribution in [0.4, 0.5) is 0 Å². The molecule has 0 bridgehead atoms. The largest absolute Gasteiger partial charge is 0.352 e. The Morgan fingerprint density at radius 2 is 1.89 bits per heavy atom. The molecule has 0 fully saturated rings. The molecule has 0 rings (SSSR count). The second kappa shape index (κ2) is 4.28. The zero-order chi connectivity index (χ0) is 7.44. The van der Waals surface area contributed by atoms with Crippen LogP contribution in [0.3, 0.4) is 0 Å². The van der Waals surface area contributed by atoms with E-state index in [0.717, 1.165) is 0 Å². The summed E-state index contributed by atoms with van der Waals surface area (Å²) in [6.45, 7) is 3.83. The van der Waals surface area contributed by atoms with Crippen molar-refractivity contribution < 1.29 is 4.79 Å². The number of amides is 1. The molecule has 0 aliphatic carbocycles. The molecule has 0 atom stereocenters. The molecule has 2 nitrogen and oxygen atoms in total. The minimum Gasteiger partial charge on any atom is -0.352 e. The maximum atomic E-state index is 10.7. The van der Waals surface area contributed by atoms with Crippen molar-refractivity contribution >= 4 is 37.8 Å². The predicted molar refractivity (Wildman–Crippen MR) is 44.9 cm³/mol. The lowest BCUT2D eigenvalue weighted by molar-refractivity contribution is -0.119. The Balaban J connectivity index is 3.51. The molecular formula is C5H9Br2NO. The van der Waals surface area contributed by atoms with Gasteiger partial charge in [-0.05, 0) is 13.8 Å². The van der Waals surface area contributed by atoms with Gasteiger partial charge in [-0.2, -0.15) is 0 Å². The first kappa shape index (κ1) is 9.43. The van der Waals surface area contributed by atoms with E-state index in [1.54, 1.807) is 0 Å². The molecule has 0 aliphatic heterocycles. The molecule has 0 heterocycles. The monoisotopic (exact) mass is 257 g/mol. The minimum absolute atomic E-state index is 0.0370. The van der Waals surface area contributed by atoms with E-state index < -0.39 is 0 Å². The molecule has 1 N–H and O–H groups in total. The van der Waals surface area contributed by atoms with Crippen molar-refractivity contribution in [2.75, 3.05) is 0 Å². The summed E-state index contributed by atoms with van der Waals surface area (Å²) in [5, 5.41) is 2.71. The Morgan fingerprint density at radius 1 is 1.44 bits per heavy atom. The molecule has 0 unspecified atom stereocenters. The van der Waals surface area contributed by atoms with Crippen molar-refractivity contribution in [1.29, 1.82) is 0 Å². The second-order valence-corrected chi connectivity index (χ2v) is 5.02. The standard InChI is InChI=1S/C5H9Br2NO/c1-3(2)8-5(9)4(6)7/h3-4H,1-2H3,(H,8,9). The Labute approximate surface area is 71.6 Å². The van der Waals surface area contributed by atoms with Crippen LogP contribution in [0.15, 0.2) is 0 Å². The van der Waals surface area contributed by atoms with E-state index in [4.69, 9.17) is 0 Å². The predicted octanol–water partition coefficient (Wildman–Crippen LogP) is 1.63. The first-order valence-corrected chi connectivity index (χ1v) is 4.45. The topological polar surface area (TPSA) is 29.1 Å². The molecule has 0 aromatic carbocycles. The van der Waals surface area contributed by atoms with Crippen LogP contribution in [-0.2, 0) is 4.79 Å². The normalized spacial score (nSPS) is 10.4. The third-order valence-corrected chi connectivity index (χ3v) is 1.46. The highest BCUT2D eigenvalue weighted by molar-refractivity contribution is 9.25. The molecule has 1 amide bonds. The molecule has 9 heavy (non-hydrogen) atoms. The summed E-state index contributed by atoms with van der Waals surface area (Å²) < 4.78 is -0.271. The highest BCUT2D eigenvalue weighted by Crippen LogP contribution is 2.07. The zero-order valence-corrected chi connectivity index (χ0v) is 8.49. The van der Waals surface area contributed by atoms with Crippen molar-refractivity contribution in [2.45, 2.75) is 23.6 Å². The lowest BCUT2D eigenvalue weighted by Gasteiger charge is -2.07. The Kier molecular flexibility index (Phi) is 4.48. The molecule has 0 aliphatic rings. The van der Waals surface area contributed by atoms with E-state index in [1.165, 1.54) is 0 Å². The Hall–Kier alpha value is 0.430. The van der Waals surface area contributed by atoms with Crippen molar-refractivity contribution in [3.05, 3.63) is 0 Å². The van der Waals surface area contributed by atoms with E-state index in [9.17, 15) is 4.79 Å². The van der Waals surface area contributed by atoms with Gasteiger partial charge < -0.3 is 5.32 Å². The fourth-order valence-electron chi connectivity index (χ4n) is 0.348. The summed E-state index contributed by atoms with van der Waals surface area (Å²) in [4.78, 5) is 10.7. The van der Waals surface area contributed by atoms with Gasteiger partial charge in [-0.1, -0.05) is 31.9 Å². The van der Waals surface area contributed by atoms with Gasteiger partial charge in [-0.15, -0.1) is 0 Å². The molecule has 0 radical (unpaired) electrons. The molecule has 0 saturated heterocycles. The summed E-state index contributed by atoms with van der Waals surface area (Å²) in [5.41, 5.74) is 0. The van der Waals surface area contributed by atoms with Crippen LogP contribution >= 0.6 is 31.9 Å². The number of rotatable bonds is 2. The molecule has 54 valence electrons. The number of hydrogen-bond acceptors (Lipinski definition) is 1. The molecule has 0 aromatic heterocycles. The SMILES string of the molecule is CC(C)NC(=O)C(Br)Br. The first-order valence-electron chi connectivity index (χ1n) is 2.62. The van der Waals surface area contributed by atoms with Crippen LogP contribution < -0.4 is 5.32 Å². The third-order valence-electron chi connectivity index (χ3n) is 0.629. The van der Waals surface area contributed by atoms with Gasteiger partial charge in [-0.3, -0.25) is 4.79 Å². The summed E-state index contributed by atoms with van der Waals surface area (Å²) in [7, 11) is 0. The molecule has 0 aromatic rings. The van der Waals surface area contributed by atoms with Crippen LogP contribution in [0.1, 0.15) is 13.8 Å². The summed E-state index contributed by atoms with van der Waals surface area (Å²) in [6.07, 6.45) is 0. The molecular weight excluding hydrogens is 250 g/mol. The van der Waals surface area contributed by atoms with E-state index >= 15 is 0 Å². The van der Waals surface area contributed by atoms with Gasteiger partial charge in [-0.25, -0.2) is 0 Å². The smallest absolute Gasteiger partial charge is 0.244 e. The number of hydrogen-bond donors (Lipinski definition) is 1. The molecule has 0 spiro atoms. The Morgan fingerprint density at radius 3 is 2.00 bits per heavy atom.